The van der Waals surface area contributed by atoms with E-state index in [0.717, 1.165) is 10.3 Å². The first-order chi connectivity index (χ1) is 12.2. The average Bonchev–Trinajstić information content (AvgIpc) is 3.38. The highest BCUT2D eigenvalue weighted by molar-refractivity contribution is 9.10. The molecule has 2 atom stereocenters. The number of aromatic nitrogens is 2. The molecule has 2 aliphatic rings. The zero-order valence-electron chi connectivity index (χ0n) is 14.0. The Morgan fingerprint density at radius 2 is 2.04 bits per heavy atom. The summed E-state index contributed by atoms with van der Waals surface area (Å²) in [5.41, 5.74) is 8.96. The smallest absolute Gasteiger partial charge is 0.225 e. The summed E-state index contributed by atoms with van der Waals surface area (Å²) >= 11 is 3.52. The van der Waals surface area contributed by atoms with E-state index in [0.29, 0.717) is 11.9 Å². The molecule has 1 saturated carbocycles. The fraction of sp³-hybridized carbons (Fsp3) is 0.333. The Morgan fingerprint density at radius 3 is 2.80 bits per heavy atom. The van der Waals surface area contributed by atoms with Gasteiger partial charge in [0.2, 0.25) is 5.95 Å². The van der Waals surface area contributed by atoms with Gasteiger partial charge in [0.05, 0.1) is 10.5 Å². The third-order valence-electron chi connectivity index (χ3n) is 4.42. The van der Waals surface area contributed by atoms with Crippen molar-refractivity contribution in [3.05, 3.63) is 58.3 Å². The number of hydrazine groups is 1. The maximum atomic E-state index is 4.61. The molecular formula is C18H21BrN6. The number of halogens is 1. The van der Waals surface area contributed by atoms with Crippen molar-refractivity contribution in [2.24, 2.45) is 5.92 Å². The van der Waals surface area contributed by atoms with Crippen LogP contribution < -0.4 is 21.5 Å². The van der Waals surface area contributed by atoms with Gasteiger partial charge in [-0.25, -0.2) is 10.4 Å². The topological polar surface area (TPSA) is 73.9 Å². The lowest BCUT2D eigenvalue weighted by atomic mass is 10.1. The van der Waals surface area contributed by atoms with E-state index in [1.165, 1.54) is 24.1 Å². The molecule has 2 heterocycles. The molecule has 0 amide bonds. The molecule has 0 bridgehead atoms. The summed E-state index contributed by atoms with van der Waals surface area (Å²) in [6.07, 6.45) is 6.52. The summed E-state index contributed by atoms with van der Waals surface area (Å²) in [4.78, 5) is 8.98. The van der Waals surface area contributed by atoms with Crippen molar-refractivity contribution < 1.29 is 0 Å². The molecule has 4 N–H and O–H groups in total. The zero-order chi connectivity index (χ0) is 17.2. The van der Waals surface area contributed by atoms with Crippen LogP contribution in [0, 0.1) is 5.92 Å². The minimum absolute atomic E-state index is 0.0150. The van der Waals surface area contributed by atoms with Crippen LogP contribution in [0.4, 0.5) is 11.8 Å². The lowest BCUT2D eigenvalue weighted by molar-refractivity contribution is 0.599. The van der Waals surface area contributed by atoms with Crippen molar-refractivity contribution in [3.63, 3.8) is 0 Å². The monoisotopic (exact) mass is 400 g/mol. The highest BCUT2D eigenvalue weighted by atomic mass is 79.9. The van der Waals surface area contributed by atoms with Crippen molar-refractivity contribution in [1.82, 2.24) is 20.8 Å². The second kappa shape index (κ2) is 7.01. The summed E-state index contributed by atoms with van der Waals surface area (Å²) in [5, 5.41) is 6.74. The number of hydrogen-bond acceptors (Lipinski definition) is 6. The van der Waals surface area contributed by atoms with Gasteiger partial charge < -0.3 is 16.1 Å². The molecule has 6 nitrogen and oxygen atoms in total. The van der Waals surface area contributed by atoms with E-state index in [4.69, 9.17) is 0 Å². The SMILES string of the molecule is C[C@H](Nc1ncc(Br)c(NC2C=C(C3CC3)NN2)n1)c1ccccc1. The van der Waals surface area contributed by atoms with Crippen LogP contribution in [0.3, 0.4) is 0 Å². The molecular weight excluding hydrogens is 380 g/mol. The summed E-state index contributed by atoms with van der Waals surface area (Å²) in [7, 11) is 0. The Morgan fingerprint density at radius 1 is 1.24 bits per heavy atom. The first-order valence-electron chi connectivity index (χ1n) is 8.53. The van der Waals surface area contributed by atoms with Gasteiger partial charge in [-0.1, -0.05) is 30.3 Å². The van der Waals surface area contributed by atoms with Crippen LogP contribution in [0.1, 0.15) is 31.4 Å². The van der Waals surface area contributed by atoms with Gasteiger partial charge in [0.25, 0.3) is 0 Å². The van der Waals surface area contributed by atoms with Gasteiger partial charge in [0.1, 0.15) is 12.0 Å². The van der Waals surface area contributed by atoms with E-state index in [-0.39, 0.29) is 12.2 Å². The number of anilines is 2. The van der Waals surface area contributed by atoms with Gasteiger partial charge in [0.15, 0.2) is 0 Å². The molecule has 4 rings (SSSR count). The predicted octanol–water partition coefficient (Wildman–Crippen LogP) is 3.55. The number of rotatable bonds is 6. The third-order valence-corrected chi connectivity index (χ3v) is 5.00. The van der Waals surface area contributed by atoms with E-state index in [2.05, 4.69) is 72.5 Å². The number of nitrogens with zero attached hydrogens (tertiary/aromatic N) is 2. The number of hydrogen-bond donors (Lipinski definition) is 4. The Kier molecular flexibility index (Phi) is 4.59. The minimum atomic E-state index is 0.0150. The Bertz CT molecular complexity index is 774. The van der Waals surface area contributed by atoms with Gasteiger partial charge >= 0.3 is 0 Å². The van der Waals surface area contributed by atoms with E-state index in [1.807, 2.05) is 18.2 Å². The van der Waals surface area contributed by atoms with Gasteiger partial charge in [-0.2, -0.15) is 4.98 Å². The normalized spacial score (nSPS) is 20.6. The number of allylic oxidation sites excluding steroid dienone is 1. The molecule has 130 valence electrons. The standard InChI is InChI=1S/C18H21BrN6/c1-11(12-5-3-2-4-6-12)21-18-20-10-14(19)17(23-18)22-16-9-15(24-25-16)13-7-8-13/h2-6,9-11,13,16,24-25H,7-8H2,1H3,(H2,20,21,22,23)/t11-,16?/m0/s1. The zero-order valence-corrected chi connectivity index (χ0v) is 15.5. The molecule has 1 fully saturated rings. The highest BCUT2D eigenvalue weighted by Crippen LogP contribution is 2.36. The fourth-order valence-electron chi connectivity index (χ4n) is 2.84. The molecule has 1 aromatic heterocycles. The fourth-order valence-corrected chi connectivity index (χ4v) is 3.14. The average molecular weight is 401 g/mol. The Labute approximate surface area is 155 Å². The van der Waals surface area contributed by atoms with Gasteiger partial charge in [-0.05, 0) is 53.3 Å². The van der Waals surface area contributed by atoms with E-state index in [1.54, 1.807) is 6.20 Å². The van der Waals surface area contributed by atoms with Crippen molar-refractivity contribution in [2.45, 2.75) is 32.0 Å². The summed E-state index contributed by atoms with van der Waals surface area (Å²) in [6, 6.07) is 10.4. The maximum Gasteiger partial charge on any atom is 0.225 e. The number of benzene rings is 1. The van der Waals surface area contributed by atoms with Crippen molar-refractivity contribution >= 4 is 27.7 Å². The van der Waals surface area contributed by atoms with Gasteiger partial charge in [-0.15, -0.1) is 0 Å². The van der Waals surface area contributed by atoms with E-state index < -0.39 is 0 Å². The molecule has 1 aliphatic heterocycles. The first-order valence-corrected chi connectivity index (χ1v) is 9.32. The summed E-state index contributed by atoms with van der Waals surface area (Å²) in [5.74, 6) is 2.04. The van der Waals surface area contributed by atoms with E-state index >= 15 is 0 Å². The second-order valence-electron chi connectivity index (χ2n) is 6.45. The molecule has 1 unspecified atom stereocenters. The molecule has 25 heavy (non-hydrogen) atoms. The molecule has 0 saturated heterocycles. The second-order valence-corrected chi connectivity index (χ2v) is 7.31. The van der Waals surface area contributed by atoms with Crippen LogP contribution in [0.25, 0.3) is 0 Å². The molecule has 1 aromatic carbocycles. The van der Waals surface area contributed by atoms with E-state index in [9.17, 15) is 0 Å². The molecule has 7 heteroatoms. The highest BCUT2D eigenvalue weighted by Gasteiger charge is 2.30. The van der Waals surface area contributed by atoms with Crippen LogP contribution in [-0.2, 0) is 0 Å². The first kappa shape index (κ1) is 16.4. The van der Waals surface area contributed by atoms with Crippen molar-refractivity contribution in [2.75, 3.05) is 10.6 Å². The van der Waals surface area contributed by atoms with Crippen molar-refractivity contribution in [1.29, 1.82) is 0 Å². The van der Waals surface area contributed by atoms with Gasteiger partial charge in [-0.3, -0.25) is 0 Å². The lowest BCUT2D eigenvalue weighted by Crippen LogP contribution is -2.37. The lowest BCUT2D eigenvalue weighted by Gasteiger charge is -2.17. The minimum Gasteiger partial charge on any atom is -0.349 e. The van der Waals surface area contributed by atoms with Crippen LogP contribution in [0.2, 0.25) is 0 Å². The van der Waals surface area contributed by atoms with Gasteiger partial charge in [0, 0.05) is 11.9 Å². The number of nitrogens with one attached hydrogen (secondary N) is 4. The Balaban J connectivity index is 1.45. The van der Waals surface area contributed by atoms with Crippen molar-refractivity contribution in [3.8, 4) is 0 Å². The van der Waals surface area contributed by atoms with Crippen LogP contribution >= 0.6 is 15.9 Å². The van der Waals surface area contributed by atoms with Crippen LogP contribution in [-0.4, -0.2) is 16.1 Å². The Hall–Kier alpha value is -2.12. The summed E-state index contributed by atoms with van der Waals surface area (Å²) < 4.78 is 0.834. The van der Waals surface area contributed by atoms with Crippen LogP contribution in [0.15, 0.2) is 52.8 Å². The maximum absolute atomic E-state index is 4.61. The summed E-state index contributed by atoms with van der Waals surface area (Å²) in [6.45, 7) is 2.10. The predicted molar refractivity (Wildman–Crippen MR) is 103 cm³/mol. The largest absolute Gasteiger partial charge is 0.349 e. The molecule has 1 aliphatic carbocycles. The van der Waals surface area contributed by atoms with Crippen LogP contribution in [0.5, 0.6) is 0 Å². The third kappa shape index (κ3) is 3.93. The quantitative estimate of drug-likeness (QED) is 0.594. The molecule has 2 aromatic rings. The molecule has 0 spiro atoms. The molecule has 0 radical (unpaired) electrons.